The van der Waals surface area contributed by atoms with Crippen LogP contribution in [-0.2, 0) is 11.3 Å². The van der Waals surface area contributed by atoms with Crippen molar-refractivity contribution in [3.8, 4) is 0 Å². The first kappa shape index (κ1) is 18.4. The monoisotopic (exact) mass is 344 g/mol. The van der Waals surface area contributed by atoms with Crippen LogP contribution < -0.4 is 0 Å². The van der Waals surface area contributed by atoms with Crippen LogP contribution in [0.15, 0.2) is 24.3 Å². The maximum atomic E-state index is 12.1. The lowest BCUT2D eigenvalue weighted by atomic mass is 9.67. The number of carbonyl (C=O) groups is 1. The first-order chi connectivity index (χ1) is 11.7. The van der Waals surface area contributed by atoms with Crippen LogP contribution in [0.3, 0.4) is 0 Å². The van der Waals surface area contributed by atoms with Crippen molar-refractivity contribution in [1.82, 2.24) is 9.80 Å². The summed E-state index contributed by atoms with van der Waals surface area (Å²) in [6.07, 6.45) is 2.46. The van der Waals surface area contributed by atoms with E-state index in [4.69, 9.17) is 0 Å². The Morgan fingerprint density at radius 1 is 1.28 bits per heavy atom. The standard InChI is InChI=1S/C21H32N2O2/c1-16-6-5-7-18(12-16)14-22-10-8-21(9-11-22)13-19(25)20(3,4)23(15-21)17(2)24/h5-7,12,19,25H,8-11,13-15H2,1-4H3/t19-/m1/s1. The molecule has 1 aromatic rings. The summed E-state index contributed by atoms with van der Waals surface area (Å²) in [5.74, 6) is 0.0744. The third-order valence-corrected chi connectivity index (χ3v) is 6.42. The van der Waals surface area contributed by atoms with Gasteiger partial charge >= 0.3 is 0 Å². The fourth-order valence-electron chi connectivity index (χ4n) is 4.58. The summed E-state index contributed by atoms with van der Waals surface area (Å²) in [6.45, 7) is 11.6. The van der Waals surface area contributed by atoms with E-state index in [-0.39, 0.29) is 11.3 Å². The van der Waals surface area contributed by atoms with E-state index in [0.29, 0.717) is 0 Å². The van der Waals surface area contributed by atoms with Crippen molar-refractivity contribution >= 4 is 5.91 Å². The fraction of sp³-hybridized carbons (Fsp3) is 0.667. The summed E-state index contributed by atoms with van der Waals surface area (Å²) < 4.78 is 0. The van der Waals surface area contributed by atoms with Crippen molar-refractivity contribution in [3.05, 3.63) is 35.4 Å². The van der Waals surface area contributed by atoms with Gasteiger partial charge < -0.3 is 10.0 Å². The highest BCUT2D eigenvalue weighted by atomic mass is 16.3. The minimum Gasteiger partial charge on any atom is -0.391 e. The van der Waals surface area contributed by atoms with Crippen molar-refractivity contribution in [3.63, 3.8) is 0 Å². The topological polar surface area (TPSA) is 43.8 Å². The summed E-state index contributed by atoms with van der Waals surface area (Å²) in [5, 5.41) is 10.7. The molecule has 2 fully saturated rings. The van der Waals surface area contributed by atoms with Gasteiger partial charge in [0.05, 0.1) is 11.6 Å². The summed E-state index contributed by atoms with van der Waals surface area (Å²) in [6, 6.07) is 8.72. The molecule has 4 heteroatoms. The summed E-state index contributed by atoms with van der Waals surface area (Å²) >= 11 is 0. The van der Waals surface area contributed by atoms with Crippen LogP contribution in [-0.4, -0.2) is 52.1 Å². The van der Waals surface area contributed by atoms with Gasteiger partial charge in [0.25, 0.3) is 0 Å². The Morgan fingerprint density at radius 3 is 2.56 bits per heavy atom. The largest absolute Gasteiger partial charge is 0.391 e. The van der Waals surface area contributed by atoms with E-state index in [1.54, 1.807) is 6.92 Å². The Hall–Kier alpha value is -1.39. The van der Waals surface area contributed by atoms with Gasteiger partial charge in [-0.25, -0.2) is 0 Å². The van der Waals surface area contributed by atoms with Gasteiger partial charge in [-0.1, -0.05) is 29.8 Å². The highest BCUT2D eigenvalue weighted by molar-refractivity contribution is 5.74. The molecule has 1 atom stereocenters. The molecule has 0 aromatic heterocycles. The Balaban J connectivity index is 1.65. The number of hydrogen-bond acceptors (Lipinski definition) is 3. The molecule has 3 rings (SSSR count). The lowest BCUT2D eigenvalue weighted by Gasteiger charge is -2.55. The molecule has 4 nitrogen and oxygen atoms in total. The van der Waals surface area contributed by atoms with Gasteiger partial charge in [0.15, 0.2) is 0 Å². The zero-order valence-corrected chi connectivity index (χ0v) is 16.1. The van der Waals surface area contributed by atoms with E-state index in [0.717, 1.165) is 45.4 Å². The number of piperidine rings is 2. The van der Waals surface area contributed by atoms with E-state index >= 15 is 0 Å². The molecule has 25 heavy (non-hydrogen) atoms. The van der Waals surface area contributed by atoms with Crippen LogP contribution in [0.25, 0.3) is 0 Å². The maximum Gasteiger partial charge on any atom is 0.219 e. The average Bonchev–Trinajstić information content (AvgIpc) is 2.53. The minimum atomic E-state index is -0.463. The Bertz CT molecular complexity index is 633. The number of hydrogen-bond donors (Lipinski definition) is 1. The van der Waals surface area contributed by atoms with Gasteiger partial charge in [-0.05, 0) is 64.1 Å². The molecule has 2 heterocycles. The lowest BCUT2D eigenvalue weighted by molar-refractivity contribution is -0.157. The molecule has 2 aliphatic heterocycles. The predicted molar refractivity (Wildman–Crippen MR) is 100 cm³/mol. The number of aliphatic hydroxyl groups excluding tert-OH is 1. The van der Waals surface area contributed by atoms with Gasteiger partial charge in [-0.3, -0.25) is 9.69 Å². The number of aryl methyl sites for hydroxylation is 1. The van der Waals surface area contributed by atoms with Crippen molar-refractivity contribution in [2.24, 2.45) is 5.41 Å². The van der Waals surface area contributed by atoms with Gasteiger partial charge in [0.1, 0.15) is 0 Å². The molecule has 0 unspecified atom stereocenters. The fourth-order valence-corrected chi connectivity index (χ4v) is 4.58. The number of nitrogens with zero attached hydrogens (tertiary/aromatic N) is 2. The first-order valence-corrected chi connectivity index (χ1v) is 9.46. The van der Waals surface area contributed by atoms with E-state index in [9.17, 15) is 9.90 Å². The smallest absolute Gasteiger partial charge is 0.219 e. The molecule has 1 N–H and O–H groups in total. The number of amides is 1. The third-order valence-electron chi connectivity index (χ3n) is 6.42. The predicted octanol–water partition coefficient (Wildman–Crippen LogP) is 2.97. The second-order valence-electron chi connectivity index (χ2n) is 8.74. The molecule has 0 saturated carbocycles. The van der Waals surface area contributed by atoms with Crippen molar-refractivity contribution in [2.45, 2.75) is 65.1 Å². The highest BCUT2D eigenvalue weighted by Gasteiger charge is 2.50. The molecule has 0 aliphatic carbocycles. The van der Waals surface area contributed by atoms with Crippen LogP contribution in [0.1, 0.15) is 51.2 Å². The molecular formula is C21H32N2O2. The number of benzene rings is 1. The number of rotatable bonds is 2. The summed E-state index contributed by atoms with van der Waals surface area (Å²) in [4.78, 5) is 16.5. The minimum absolute atomic E-state index is 0.0731. The number of carbonyl (C=O) groups excluding carboxylic acids is 1. The van der Waals surface area contributed by atoms with Crippen LogP contribution in [0.5, 0.6) is 0 Å². The maximum absolute atomic E-state index is 12.1. The molecule has 1 aromatic carbocycles. The highest BCUT2D eigenvalue weighted by Crippen LogP contribution is 2.45. The molecular weight excluding hydrogens is 312 g/mol. The average molecular weight is 344 g/mol. The van der Waals surface area contributed by atoms with Gasteiger partial charge in [0.2, 0.25) is 5.91 Å². The second kappa shape index (κ2) is 6.73. The lowest BCUT2D eigenvalue weighted by Crippen LogP contribution is -2.64. The molecule has 2 saturated heterocycles. The van der Waals surface area contributed by atoms with Gasteiger partial charge in [-0.2, -0.15) is 0 Å². The normalized spacial score (nSPS) is 26.0. The number of likely N-dealkylation sites (tertiary alicyclic amines) is 2. The summed E-state index contributed by atoms with van der Waals surface area (Å²) in [5.41, 5.74) is 2.28. The van der Waals surface area contributed by atoms with Crippen LogP contribution >= 0.6 is 0 Å². The zero-order chi connectivity index (χ0) is 18.2. The van der Waals surface area contributed by atoms with Crippen molar-refractivity contribution in [1.29, 1.82) is 0 Å². The van der Waals surface area contributed by atoms with Crippen LogP contribution in [0.2, 0.25) is 0 Å². The summed E-state index contributed by atoms with van der Waals surface area (Å²) in [7, 11) is 0. The van der Waals surface area contributed by atoms with Crippen molar-refractivity contribution < 1.29 is 9.90 Å². The Kier molecular flexibility index (Phi) is 4.95. The molecule has 138 valence electrons. The third kappa shape index (κ3) is 3.75. The molecule has 0 bridgehead atoms. The molecule has 1 spiro atoms. The SMILES string of the molecule is CC(=O)N1CC2(CCN(Cc3cccc(C)c3)CC2)C[C@@H](O)C1(C)C. The molecule has 0 radical (unpaired) electrons. The second-order valence-corrected chi connectivity index (χ2v) is 8.74. The van der Waals surface area contributed by atoms with Crippen LogP contribution in [0, 0.1) is 12.3 Å². The van der Waals surface area contributed by atoms with Crippen LogP contribution in [0.4, 0.5) is 0 Å². The quantitative estimate of drug-likeness (QED) is 0.897. The van der Waals surface area contributed by atoms with E-state index in [2.05, 4.69) is 36.1 Å². The zero-order valence-electron chi connectivity index (χ0n) is 16.1. The van der Waals surface area contributed by atoms with Gasteiger partial charge in [-0.15, -0.1) is 0 Å². The first-order valence-electron chi connectivity index (χ1n) is 9.46. The Labute approximate surface area is 151 Å². The van der Waals surface area contributed by atoms with Crippen molar-refractivity contribution in [2.75, 3.05) is 19.6 Å². The van der Waals surface area contributed by atoms with E-state index in [1.807, 2.05) is 18.7 Å². The molecule has 2 aliphatic rings. The Morgan fingerprint density at radius 2 is 1.96 bits per heavy atom. The number of aliphatic hydroxyl groups is 1. The van der Waals surface area contributed by atoms with E-state index in [1.165, 1.54) is 11.1 Å². The van der Waals surface area contributed by atoms with Gasteiger partial charge in [0, 0.05) is 20.0 Å². The van der Waals surface area contributed by atoms with E-state index < -0.39 is 11.6 Å². The molecule has 1 amide bonds.